The second-order valence-corrected chi connectivity index (χ2v) is 6.60. The van der Waals surface area contributed by atoms with E-state index in [0.29, 0.717) is 0 Å². The van der Waals surface area contributed by atoms with Gasteiger partial charge in [-0.1, -0.05) is 49.3 Å². The quantitative estimate of drug-likeness (QED) is 0.433. The van der Waals surface area contributed by atoms with E-state index >= 15 is 0 Å². The minimum absolute atomic E-state index is 0.235. The molecular formula is C23H27N3O. The zero-order valence-corrected chi connectivity index (χ0v) is 16.9. The van der Waals surface area contributed by atoms with Crippen molar-refractivity contribution in [2.45, 2.75) is 47.6 Å². The van der Waals surface area contributed by atoms with Crippen LogP contribution in [-0.2, 0) is 0 Å². The van der Waals surface area contributed by atoms with Crippen molar-refractivity contribution < 1.29 is 4.52 Å². The van der Waals surface area contributed by atoms with Gasteiger partial charge in [0, 0.05) is 23.5 Å². The van der Waals surface area contributed by atoms with Crippen LogP contribution < -0.4 is 0 Å². The van der Waals surface area contributed by atoms with Gasteiger partial charge in [-0.2, -0.15) is 0 Å². The average molecular weight is 361 g/mol. The van der Waals surface area contributed by atoms with Crippen molar-refractivity contribution in [2.24, 2.45) is 0 Å². The lowest BCUT2D eigenvalue weighted by Crippen LogP contribution is -2.05. The highest BCUT2D eigenvalue weighted by atomic mass is 16.5. The molecule has 1 atom stereocenters. The largest absolute Gasteiger partial charge is 0.361 e. The van der Waals surface area contributed by atoms with Crippen molar-refractivity contribution >= 4 is 11.0 Å². The van der Waals surface area contributed by atoms with Crippen LogP contribution in [0.15, 0.2) is 53.3 Å². The molecule has 0 radical (unpaired) electrons. The molecule has 0 saturated carbocycles. The van der Waals surface area contributed by atoms with E-state index in [1.54, 1.807) is 0 Å². The third-order valence-electron chi connectivity index (χ3n) is 4.87. The van der Waals surface area contributed by atoms with Crippen LogP contribution in [0.5, 0.6) is 0 Å². The first-order valence-electron chi connectivity index (χ1n) is 9.51. The van der Waals surface area contributed by atoms with Gasteiger partial charge < -0.3 is 9.09 Å². The molecule has 0 amide bonds. The fourth-order valence-electron chi connectivity index (χ4n) is 3.54. The standard InChI is InChI=1S/C21H21N3O.C2H6/c1-13-12-24(15(3)17-8-6-5-7-9-17)19-10-18(11-22-21(13)19)20-14(2)23-25-16(20)4;1-2/h5-12,15H,1-4H3;1-2H3. The minimum atomic E-state index is 0.235. The fourth-order valence-corrected chi connectivity index (χ4v) is 3.54. The van der Waals surface area contributed by atoms with E-state index in [0.717, 1.165) is 33.6 Å². The maximum Gasteiger partial charge on any atom is 0.141 e. The minimum Gasteiger partial charge on any atom is -0.361 e. The van der Waals surface area contributed by atoms with E-state index in [4.69, 9.17) is 9.51 Å². The van der Waals surface area contributed by atoms with Gasteiger partial charge in [0.05, 0.1) is 22.8 Å². The maximum atomic E-state index is 5.33. The zero-order chi connectivity index (χ0) is 19.6. The van der Waals surface area contributed by atoms with Crippen molar-refractivity contribution in [2.75, 3.05) is 0 Å². The molecule has 1 unspecified atom stereocenters. The topological polar surface area (TPSA) is 43.9 Å². The van der Waals surface area contributed by atoms with Gasteiger partial charge in [-0.05, 0) is 44.9 Å². The highest BCUT2D eigenvalue weighted by Gasteiger charge is 2.17. The molecule has 4 heteroatoms. The van der Waals surface area contributed by atoms with E-state index < -0.39 is 0 Å². The number of aromatic nitrogens is 3. The number of rotatable bonds is 3. The van der Waals surface area contributed by atoms with Crippen LogP contribution in [0, 0.1) is 20.8 Å². The molecule has 4 rings (SSSR count). The first-order valence-corrected chi connectivity index (χ1v) is 9.51. The maximum absolute atomic E-state index is 5.33. The molecule has 0 aliphatic heterocycles. The molecule has 27 heavy (non-hydrogen) atoms. The molecule has 0 saturated heterocycles. The molecule has 0 aliphatic rings. The van der Waals surface area contributed by atoms with E-state index in [-0.39, 0.29) is 6.04 Å². The second-order valence-electron chi connectivity index (χ2n) is 6.60. The Bertz CT molecular complexity index is 1020. The zero-order valence-electron chi connectivity index (χ0n) is 16.9. The van der Waals surface area contributed by atoms with Gasteiger partial charge in [0.1, 0.15) is 5.76 Å². The van der Waals surface area contributed by atoms with Crippen LogP contribution >= 0.6 is 0 Å². The summed E-state index contributed by atoms with van der Waals surface area (Å²) in [6, 6.07) is 13.0. The van der Waals surface area contributed by atoms with E-state index in [2.05, 4.69) is 60.1 Å². The summed E-state index contributed by atoms with van der Waals surface area (Å²) in [7, 11) is 0. The summed E-state index contributed by atoms with van der Waals surface area (Å²) in [6.45, 7) is 12.2. The van der Waals surface area contributed by atoms with Gasteiger partial charge in [0.25, 0.3) is 0 Å². The SMILES string of the molecule is CC.Cc1noc(C)c1-c1cnc2c(C)cn(C(C)c3ccccc3)c2c1. The van der Waals surface area contributed by atoms with Gasteiger partial charge >= 0.3 is 0 Å². The lowest BCUT2D eigenvalue weighted by molar-refractivity contribution is 0.393. The highest BCUT2D eigenvalue weighted by Crippen LogP contribution is 2.32. The number of pyridine rings is 1. The molecule has 3 aromatic heterocycles. The van der Waals surface area contributed by atoms with Crippen LogP contribution in [0.4, 0.5) is 0 Å². The number of aryl methyl sites for hydroxylation is 3. The summed E-state index contributed by atoms with van der Waals surface area (Å²) >= 11 is 0. The van der Waals surface area contributed by atoms with Crippen LogP contribution in [-0.4, -0.2) is 14.7 Å². The van der Waals surface area contributed by atoms with Crippen LogP contribution in [0.2, 0.25) is 0 Å². The third-order valence-corrected chi connectivity index (χ3v) is 4.87. The summed E-state index contributed by atoms with van der Waals surface area (Å²) in [5.74, 6) is 0.824. The number of nitrogens with zero attached hydrogens (tertiary/aromatic N) is 3. The normalized spacial score (nSPS) is 11.9. The predicted molar refractivity (Wildman–Crippen MR) is 111 cm³/mol. The lowest BCUT2D eigenvalue weighted by Gasteiger charge is -2.16. The van der Waals surface area contributed by atoms with Crippen molar-refractivity contribution in [3.05, 3.63) is 71.4 Å². The Kier molecular flexibility index (Phi) is 5.45. The first-order chi connectivity index (χ1) is 13.1. The number of fused-ring (bicyclic) bond motifs is 1. The number of hydrogen-bond donors (Lipinski definition) is 0. The molecule has 4 nitrogen and oxygen atoms in total. The first kappa shape index (κ1) is 18.9. The molecule has 4 aromatic rings. The van der Waals surface area contributed by atoms with Gasteiger partial charge in [-0.25, -0.2) is 0 Å². The predicted octanol–water partition coefficient (Wildman–Crippen LogP) is 6.25. The van der Waals surface area contributed by atoms with Crippen LogP contribution in [0.1, 0.15) is 49.4 Å². The van der Waals surface area contributed by atoms with Crippen LogP contribution in [0.3, 0.4) is 0 Å². The Labute approximate surface area is 160 Å². The summed E-state index contributed by atoms with van der Waals surface area (Å²) in [6.07, 6.45) is 4.10. The Balaban J connectivity index is 0.00000102. The van der Waals surface area contributed by atoms with Gasteiger partial charge in [0.2, 0.25) is 0 Å². The molecule has 0 fully saturated rings. The summed E-state index contributed by atoms with van der Waals surface area (Å²) in [4.78, 5) is 4.73. The molecule has 3 heterocycles. The van der Waals surface area contributed by atoms with Crippen LogP contribution in [0.25, 0.3) is 22.2 Å². The molecule has 140 valence electrons. The van der Waals surface area contributed by atoms with Crippen molar-refractivity contribution in [1.29, 1.82) is 0 Å². The van der Waals surface area contributed by atoms with Crippen molar-refractivity contribution in [3.63, 3.8) is 0 Å². The molecule has 0 bridgehead atoms. The third kappa shape index (κ3) is 3.39. The smallest absolute Gasteiger partial charge is 0.141 e. The Morgan fingerprint density at radius 2 is 1.74 bits per heavy atom. The molecular weight excluding hydrogens is 334 g/mol. The van der Waals surface area contributed by atoms with Gasteiger partial charge in [-0.3, -0.25) is 4.98 Å². The van der Waals surface area contributed by atoms with E-state index in [1.807, 2.05) is 40.0 Å². The Hall–Kier alpha value is -2.88. The number of hydrogen-bond acceptors (Lipinski definition) is 3. The molecule has 0 spiro atoms. The van der Waals surface area contributed by atoms with Crippen molar-refractivity contribution in [3.8, 4) is 11.1 Å². The fraction of sp³-hybridized carbons (Fsp3) is 0.304. The Morgan fingerprint density at radius 1 is 1.04 bits per heavy atom. The summed E-state index contributed by atoms with van der Waals surface area (Å²) in [5.41, 5.74) is 7.61. The lowest BCUT2D eigenvalue weighted by atomic mass is 10.1. The van der Waals surface area contributed by atoms with Crippen molar-refractivity contribution in [1.82, 2.24) is 14.7 Å². The second kappa shape index (κ2) is 7.78. The molecule has 1 aromatic carbocycles. The average Bonchev–Trinajstić information content (AvgIpc) is 3.22. The van der Waals surface area contributed by atoms with Gasteiger partial charge in [0.15, 0.2) is 0 Å². The summed E-state index contributed by atoms with van der Waals surface area (Å²) < 4.78 is 7.63. The molecule has 0 aliphatic carbocycles. The van der Waals surface area contributed by atoms with E-state index in [1.165, 1.54) is 11.1 Å². The van der Waals surface area contributed by atoms with Gasteiger partial charge in [-0.15, -0.1) is 0 Å². The van der Waals surface area contributed by atoms with E-state index in [9.17, 15) is 0 Å². The summed E-state index contributed by atoms with van der Waals surface area (Å²) in [5, 5.41) is 4.07. The Morgan fingerprint density at radius 3 is 2.37 bits per heavy atom. The monoisotopic (exact) mass is 361 g/mol. The highest BCUT2D eigenvalue weighted by molar-refractivity contribution is 5.85. The number of benzene rings is 1. The molecule has 0 N–H and O–H groups in total.